The third-order valence-corrected chi connectivity index (χ3v) is 4.41. The number of amides is 3. The highest BCUT2D eigenvalue weighted by Crippen LogP contribution is 2.34. The van der Waals surface area contributed by atoms with Gasteiger partial charge in [0.05, 0.1) is 23.7 Å². The van der Waals surface area contributed by atoms with E-state index in [2.05, 4.69) is 0 Å². The predicted octanol–water partition coefficient (Wildman–Crippen LogP) is 1.98. The van der Waals surface area contributed by atoms with E-state index in [0.717, 1.165) is 24.2 Å². The lowest BCUT2D eigenvalue weighted by atomic mass is 10.1. The predicted molar refractivity (Wildman–Crippen MR) is 86.8 cm³/mol. The molecule has 1 aliphatic carbocycles. The van der Waals surface area contributed by atoms with Gasteiger partial charge in [0.2, 0.25) is 11.8 Å². The molecule has 1 aromatic carbocycles. The van der Waals surface area contributed by atoms with E-state index < -0.39 is 6.04 Å². The maximum absolute atomic E-state index is 12.8. The van der Waals surface area contributed by atoms with Crippen molar-refractivity contribution in [1.82, 2.24) is 4.90 Å². The summed E-state index contributed by atoms with van der Waals surface area (Å²) in [5.74, 6) is -0.696. The molecule has 124 valence electrons. The van der Waals surface area contributed by atoms with Crippen LogP contribution in [0.5, 0.6) is 0 Å². The normalized spacial score (nSPS) is 20.2. The van der Waals surface area contributed by atoms with Crippen LogP contribution in [0.4, 0.5) is 5.69 Å². The van der Waals surface area contributed by atoms with Crippen LogP contribution in [0.3, 0.4) is 0 Å². The van der Waals surface area contributed by atoms with Crippen molar-refractivity contribution in [2.24, 2.45) is 0 Å². The van der Waals surface area contributed by atoms with Crippen molar-refractivity contribution in [3.05, 3.63) is 29.8 Å². The average molecular weight is 325 g/mol. The van der Waals surface area contributed by atoms with Crippen molar-refractivity contribution < 1.29 is 14.4 Å². The number of anilines is 1. The third kappa shape index (κ3) is 2.90. The molecule has 0 aromatic heterocycles. The monoisotopic (exact) mass is 325 g/mol. The molecule has 1 aliphatic heterocycles. The quantitative estimate of drug-likeness (QED) is 0.775. The Kier molecular flexibility index (Phi) is 4.34. The largest absolute Gasteiger partial charge is 0.327 e. The Bertz CT molecular complexity index is 716. The summed E-state index contributed by atoms with van der Waals surface area (Å²) in [6.07, 6.45) is 2.93. The first kappa shape index (κ1) is 16.2. The molecular weight excluding hydrogens is 306 g/mol. The van der Waals surface area contributed by atoms with Crippen molar-refractivity contribution >= 4 is 23.4 Å². The standard InChI is InChI=1S/C18H19N3O3/c1-2-3-16(22)20(13-8-9-13)15-10-17(23)21(18(15)24)14-6-4-12(11-19)5-7-14/h4-7,13,15H,2-3,8-10H2,1H3. The molecule has 0 spiro atoms. The molecule has 1 saturated heterocycles. The van der Waals surface area contributed by atoms with Gasteiger partial charge in [-0.1, -0.05) is 6.92 Å². The van der Waals surface area contributed by atoms with Crippen LogP contribution >= 0.6 is 0 Å². The van der Waals surface area contributed by atoms with Crippen molar-refractivity contribution in [1.29, 1.82) is 5.26 Å². The smallest absolute Gasteiger partial charge is 0.257 e. The summed E-state index contributed by atoms with van der Waals surface area (Å²) in [7, 11) is 0. The molecule has 0 radical (unpaired) electrons. The molecule has 0 N–H and O–H groups in total. The first-order valence-electron chi connectivity index (χ1n) is 8.25. The molecule has 0 bridgehead atoms. The summed E-state index contributed by atoms with van der Waals surface area (Å²) < 4.78 is 0. The highest BCUT2D eigenvalue weighted by Gasteiger charge is 2.48. The van der Waals surface area contributed by atoms with E-state index in [-0.39, 0.29) is 30.2 Å². The van der Waals surface area contributed by atoms with Gasteiger partial charge in [0.15, 0.2) is 0 Å². The van der Waals surface area contributed by atoms with Gasteiger partial charge >= 0.3 is 0 Å². The summed E-state index contributed by atoms with van der Waals surface area (Å²) in [5.41, 5.74) is 0.914. The Morgan fingerprint density at radius 2 is 1.96 bits per heavy atom. The van der Waals surface area contributed by atoms with Crippen molar-refractivity contribution in [2.45, 2.75) is 51.1 Å². The number of hydrogen-bond acceptors (Lipinski definition) is 4. The fraction of sp³-hybridized carbons (Fsp3) is 0.444. The Hall–Kier alpha value is -2.68. The second kappa shape index (κ2) is 6.44. The molecule has 1 unspecified atom stereocenters. The van der Waals surface area contributed by atoms with E-state index in [1.807, 2.05) is 13.0 Å². The lowest BCUT2D eigenvalue weighted by Gasteiger charge is -2.27. The minimum atomic E-state index is -0.695. The fourth-order valence-electron chi connectivity index (χ4n) is 3.12. The van der Waals surface area contributed by atoms with Gasteiger partial charge in [0, 0.05) is 12.5 Å². The number of carbonyl (C=O) groups is 3. The highest BCUT2D eigenvalue weighted by atomic mass is 16.2. The Morgan fingerprint density at radius 3 is 2.50 bits per heavy atom. The maximum Gasteiger partial charge on any atom is 0.257 e. The van der Waals surface area contributed by atoms with Gasteiger partial charge in [-0.05, 0) is 43.5 Å². The van der Waals surface area contributed by atoms with Crippen LogP contribution in [0.15, 0.2) is 24.3 Å². The molecule has 2 aliphatic rings. The molecule has 24 heavy (non-hydrogen) atoms. The third-order valence-electron chi connectivity index (χ3n) is 4.41. The first-order chi connectivity index (χ1) is 11.6. The van der Waals surface area contributed by atoms with Crippen molar-refractivity contribution in [3.63, 3.8) is 0 Å². The summed E-state index contributed by atoms with van der Waals surface area (Å²) in [6.45, 7) is 1.92. The number of hydrogen-bond donors (Lipinski definition) is 0. The van der Waals surface area contributed by atoms with Gasteiger partial charge in [-0.3, -0.25) is 14.4 Å². The van der Waals surface area contributed by atoms with E-state index in [1.54, 1.807) is 29.2 Å². The molecule has 1 heterocycles. The zero-order valence-electron chi connectivity index (χ0n) is 13.6. The zero-order chi connectivity index (χ0) is 17.3. The lowest BCUT2D eigenvalue weighted by molar-refractivity contribution is -0.139. The molecule has 1 aromatic rings. The lowest BCUT2D eigenvalue weighted by Crippen LogP contribution is -2.46. The summed E-state index contributed by atoms with van der Waals surface area (Å²) in [6, 6.07) is 7.73. The Balaban J connectivity index is 1.84. The molecule has 3 rings (SSSR count). The number of nitriles is 1. The molecule has 6 heteroatoms. The van der Waals surface area contributed by atoms with E-state index in [1.165, 1.54) is 0 Å². The van der Waals surface area contributed by atoms with Gasteiger partial charge in [-0.15, -0.1) is 0 Å². The minimum Gasteiger partial charge on any atom is -0.327 e. The second-order valence-electron chi connectivity index (χ2n) is 6.23. The van der Waals surface area contributed by atoms with Gasteiger partial charge in [0.1, 0.15) is 6.04 Å². The molecule has 2 fully saturated rings. The molecule has 3 amide bonds. The minimum absolute atomic E-state index is 0.0325. The summed E-state index contributed by atoms with van der Waals surface area (Å²) in [4.78, 5) is 40.3. The number of rotatable bonds is 5. The van der Waals surface area contributed by atoms with Crippen molar-refractivity contribution in [3.8, 4) is 6.07 Å². The van der Waals surface area contributed by atoms with Crippen LogP contribution in [0.2, 0.25) is 0 Å². The number of imide groups is 1. The summed E-state index contributed by atoms with van der Waals surface area (Å²) >= 11 is 0. The van der Waals surface area contributed by atoms with Gasteiger partial charge in [0.25, 0.3) is 5.91 Å². The number of benzene rings is 1. The van der Waals surface area contributed by atoms with Crippen LogP contribution < -0.4 is 4.90 Å². The van der Waals surface area contributed by atoms with Crippen LogP contribution in [-0.2, 0) is 14.4 Å². The summed E-state index contributed by atoms with van der Waals surface area (Å²) in [5, 5.41) is 8.85. The van der Waals surface area contributed by atoms with Crippen LogP contribution in [0, 0.1) is 11.3 Å². The van der Waals surface area contributed by atoms with Crippen LogP contribution in [0.25, 0.3) is 0 Å². The average Bonchev–Trinajstić information content (AvgIpc) is 3.35. The molecule has 6 nitrogen and oxygen atoms in total. The topological polar surface area (TPSA) is 81.5 Å². The Morgan fingerprint density at radius 1 is 1.29 bits per heavy atom. The second-order valence-corrected chi connectivity index (χ2v) is 6.23. The van der Waals surface area contributed by atoms with E-state index in [4.69, 9.17) is 5.26 Å². The highest BCUT2D eigenvalue weighted by molar-refractivity contribution is 6.23. The van der Waals surface area contributed by atoms with Crippen molar-refractivity contribution in [2.75, 3.05) is 4.90 Å². The fourth-order valence-corrected chi connectivity index (χ4v) is 3.12. The van der Waals surface area contributed by atoms with E-state index >= 15 is 0 Å². The van der Waals surface area contributed by atoms with E-state index in [0.29, 0.717) is 17.7 Å². The van der Waals surface area contributed by atoms with Crippen LogP contribution in [-0.4, -0.2) is 34.7 Å². The zero-order valence-corrected chi connectivity index (χ0v) is 13.6. The number of nitrogens with zero attached hydrogens (tertiary/aromatic N) is 3. The molecule has 1 saturated carbocycles. The molecular formula is C18H19N3O3. The first-order valence-corrected chi connectivity index (χ1v) is 8.25. The van der Waals surface area contributed by atoms with Crippen LogP contribution in [0.1, 0.15) is 44.6 Å². The van der Waals surface area contributed by atoms with Gasteiger partial charge < -0.3 is 4.90 Å². The number of carbonyl (C=O) groups excluding carboxylic acids is 3. The Labute approximate surface area is 140 Å². The maximum atomic E-state index is 12.8. The van der Waals surface area contributed by atoms with Gasteiger partial charge in [-0.2, -0.15) is 5.26 Å². The van der Waals surface area contributed by atoms with E-state index in [9.17, 15) is 14.4 Å². The SMILES string of the molecule is CCCC(=O)N(C1CC1)C1CC(=O)N(c2ccc(C#N)cc2)C1=O. The molecule has 1 atom stereocenters. The van der Waals surface area contributed by atoms with Gasteiger partial charge in [-0.25, -0.2) is 4.90 Å².